The molecule has 1 atom stereocenters. The fraction of sp³-hybridized carbons (Fsp3) is 0.462. The number of nitrogens with zero attached hydrogens (tertiary/aromatic N) is 1. The number of phenols is 1. The van der Waals surface area contributed by atoms with E-state index >= 15 is 0 Å². The van der Waals surface area contributed by atoms with Gasteiger partial charge < -0.3 is 15.1 Å². The Labute approximate surface area is 100 Å². The van der Waals surface area contributed by atoms with Gasteiger partial charge in [0.05, 0.1) is 6.10 Å². The van der Waals surface area contributed by atoms with Crippen LogP contribution in [0.5, 0.6) is 5.75 Å². The third kappa shape index (κ3) is 2.58. The fourth-order valence-corrected chi connectivity index (χ4v) is 2.11. The molecule has 1 fully saturated rings. The molecule has 1 aliphatic heterocycles. The summed E-state index contributed by atoms with van der Waals surface area (Å²) in [6.07, 6.45) is 1.19. The van der Waals surface area contributed by atoms with E-state index in [9.17, 15) is 15.0 Å². The van der Waals surface area contributed by atoms with Crippen LogP contribution in [0.25, 0.3) is 0 Å². The van der Waals surface area contributed by atoms with Crippen molar-refractivity contribution in [3.63, 3.8) is 0 Å². The molecule has 1 saturated heterocycles. The number of aliphatic hydroxyl groups excluding tert-OH is 1. The Bertz CT molecular complexity index is 431. The summed E-state index contributed by atoms with van der Waals surface area (Å²) in [6, 6.07) is 4.83. The van der Waals surface area contributed by atoms with E-state index < -0.39 is 6.10 Å². The number of aromatic hydroxyl groups is 1. The van der Waals surface area contributed by atoms with Crippen molar-refractivity contribution in [2.75, 3.05) is 13.1 Å². The number of carbonyl (C=O) groups excluding carboxylic acids is 1. The van der Waals surface area contributed by atoms with E-state index in [1.165, 1.54) is 6.07 Å². The molecule has 0 saturated carbocycles. The van der Waals surface area contributed by atoms with E-state index in [-0.39, 0.29) is 11.7 Å². The van der Waals surface area contributed by atoms with Gasteiger partial charge >= 0.3 is 0 Å². The zero-order valence-corrected chi connectivity index (χ0v) is 9.89. The summed E-state index contributed by atoms with van der Waals surface area (Å²) in [4.78, 5) is 13.8. The molecule has 1 heterocycles. The highest BCUT2D eigenvalue weighted by Crippen LogP contribution is 2.19. The standard InChI is InChI=1S/C13H17NO3/c1-9-7-10(4-5-12(9)16)13(17)14-6-2-3-11(15)8-14/h4-5,7,11,15-16H,2-3,6,8H2,1H3. The minimum absolute atomic E-state index is 0.0770. The second-order valence-electron chi connectivity index (χ2n) is 4.55. The number of phenolic OH excluding ortho intramolecular Hbond substituents is 1. The second-order valence-corrected chi connectivity index (χ2v) is 4.55. The molecular formula is C13H17NO3. The zero-order chi connectivity index (χ0) is 12.4. The Balaban J connectivity index is 2.15. The summed E-state index contributed by atoms with van der Waals surface area (Å²) in [7, 11) is 0. The Kier molecular flexibility index (Phi) is 3.33. The van der Waals surface area contributed by atoms with Gasteiger partial charge in [-0.1, -0.05) is 0 Å². The number of hydrogen-bond acceptors (Lipinski definition) is 3. The number of hydrogen-bond donors (Lipinski definition) is 2. The third-order valence-corrected chi connectivity index (χ3v) is 3.13. The molecule has 0 spiro atoms. The van der Waals surface area contributed by atoms with Crippen LogP contribution in [0.4, 0.5) is 0 Å². The first-order valence-corrected chi connectivity index (χ1v) is 5.85. The number of likely N-dealkylation sites (tertiary alicyclic amines) is 1. The molecule has 2 rings (SSSR count). The normalized spacial score (nSPS) is 20.4. The van der Waals surface area contributed by atoms with E-state index in [2.05, 4.69) is 0 Å². The van der Waals surface area contributed by atoms with Gasteiger partial charge in [-0.05, 0) is 43.5 Å². The molecule has 0 aliphatic carbocycles. The van der Waals surface area contributed by atoms with E-state index in [0.29, 0.717) is 24.2 Å². The van der Waals surface area contributed by atoms with Crippen molar-refractivity contribution in [3.05, 3.63) is 29.3 Å². The molecular weight excluding hydrogens is 218 g/mol. The number of β-amino-alcohol motifs (C(OH)–C–C–N with tert-alkyl or cyclic N) is 1. The molecule has 1 aromatic carbocycles. The summed E-state index contributed by atoms with van der Waals surface area (Å²) < 4.78 is 0. The molecule has 0 radical (unpaired) electrons. The van der Waals surface area contributed by atoms with E-state index in [1.54, 1.807) is 24.0 Å². The largest absolute Gasteiger partial charge is 0.508 e. The number of benzene rings is 1. The van der Waals surface area contributed by atoms with Crippen LogP contribution in [0, 0.1) is 6.92 Å². The van der Waals surface area contributed by atoms with E-state index in [0.717, 1.165) is 12.8 Å². The Morgan fingerprint density at radius 3 is 2.88 bits per heavy atom. The molecule has 1 amide bonds. The predicted molar refractivity (Wildman–Crippen MR) is 64.0 cm³/mol. The van der Waals surface area contributed by atoms with Gasteiger partial charge in [-0.25, -0.2) is 0 Å². The molecule has 1 aromatic rings. The van der Waals surface area contributed by atoms with Crippen LogP contribution in [0.1, 0.15) is 28.8 Å². The quantitative estimate of drug-likeness (QED) is 0.771. The van der Waals surface area contributed by atoms with Gasteiger partial charge in [0.2, 0.25) is 0 Å². The van der Waals surface area contributed by atoms with Crippen molar-refractivity contribution in [2.45, 2.75) is 25.9 Å². The number of piperidine rings is 1. The van der Waals surface area contributed by atoms with Crippen LogP contribution >= 0.6 is 0 Å². The molecule has 0 aromatic heterocycles. The minimum Gasteiger partial charge on any atom is -0.508 e. The monoisotopic (exact) mass is 235 g/mol. The van der Waals surface area contributed by atoms with Gasteiger partial charge in [-0.15, -0.1) is 0 Å². The second kappa shape index (κ2) is 4.75. The molecule has 4 heteroatoms. The highest BCUT2D eigenvalue weighted by atomic mass is 16.3. The first-order chi connectivity index (χ1) is 8.08. The molecule has 4 nitrogen and oxygen atoms in total. The van der Waals surface area contributed by atoms with Crippen LogP contribution in [0.3, 0.4) is 0 Å². The summed E-state index contributed by atoms with van der Waals surface area (Å²) in [6.45, 7) is 2.85. The molecule has 1 unspecified atom stereocenters. The van der Waals surface area contributed by atoms with Gasteiger partial charge in [-0.2, -0.15) is 0 Å². The number of aryl methyl sites for hydroxylation is 1. The summed E-state index contributed by atoms with van der Waals surface area (Å²) in [5.41, 5.74) is 1.25. The minimum atomic E-state index is -0.411. The maximum atomic E-state index is 12.1. The van der Waals surface area contributed by atoms with Crippen molar-refractivity contribution < 1.29 is 15.0 Å². The zero-order valence-electron chi connectivity index (χ0n) is 9.89. The van der Waals surface area contributed by atoms with Crippen molar-refractivity contribution >= 4 is 5.91 Å². The van der Waals surface area contributed by atoms with Crippen molar-refractivity contribution in [2.24, 2.45) is 0 Å². The maximum Gasteiger partial charge on any atom is 0.253 e. The topological polar surface area (TPSA) is 60.8 Å². The summed E-state index contributed by atoms with van der Waals surface area (Å²) in [5, 5.41) is 19.0. The lowest BCUT2D eigenvalue weighted by molar-refractivity contribution is 0.0473. The predicted octanol–water partition coefficient (Wildman–Crippen LogP) is 1.30. The number of rotatable bonds is 1. The van der Waals surface area contributed by atoms with Crippen molar-refractivity contribution in [1.82, 2.24) is 4.90 Å². The van der Waals surface area contributed by atoms with Gasteiger partial charge in [0.15, 0.2) is 0 Å². The molecule has 92 valence electrons. The number of amides is 1. The Hall–Kier alpha value is -1.55. The lowest BCUT2D eigenvalue weighted by atomic mass is 10.1. The third-order valence-electron chi connectivity index (χ3n) is 3.13. The lowest BCUT2D eigenvalue weighted by Gasteiger charge is -2.30. The number of carbonyl (C=O) groups is 1. The van der Waals surface area contributed by atoms with E-state index in [4.69, 9.17) is 0 Å². The average molecular weight is 235 g/mol. The van der Waals surface area contributed by atoms with Crippen molar-refractivity contribution in [3.8, 4) is 5.75 Å². The van der Waals surface area contributed by atoms with Crippen LogP contribution < -0.4 is 0 Å². The highest BCUT2D eigenvalue weighted by Gasteiger charge is 2.23. The van der Waals surface area contributed by atoms with Gasteiger partial charge in [0.1, 0.15) is 5.75 Å². The smallest absolute Gasteiger partial charge is 0.253 e. The lowest BCUT2D eigenvalue weighted by Crippen LogP contribution is -2.42. The molecule has 0 bridgehead atoms. The van der Waals surface area contributed by atoms with E-state index in [1.807, 2.05) is 0 Å². The van der Waals surface area contributed by atoms with Crippen LogP contribution in [0.15, 0.2) is 18.2 Å². The van der Waals surface area contributed by atoms with Crippen LogP contribution in [-0.2, 0) is 0 Å². The maximum absolute atomic E-state index is 12.1. The molecule has 2 N–H and O–H groups in total. The van der Waals surface area contributed by atoms with Crippen LogP contribution in [0.2, 0.25) is 0 Å². The molecule has 1 aliphatic rings. The Morgan fingerprint density at radius 2 is 2.24 bits per heavy atom. The fourth-order valence-electron chi connectivity index (χ4n) is 2.11. The SMILES string of the molecule is Cc1cc(C(=O)N2CCCC(O)C2)ccc1O. The van der Waals surface area contributed by atoms with Crippen LogP contribution in [-0.4, -0.2) is 40.2 Å². The van der Waals surface area contributed by atoms with Crippen molar-refractivity contribution in [1.29, 1.82) is 0 Å². The number of aliphatic hydroxyl groups is 1. The van der Waals surface area contributed by atoms with Gasteiger partial charge in [0.25, 0.3) is 5.91 Å². The first-order valence-electron chi connectivity index (χ1n) is 5.85. The summed E-state index contributed by atoms with van der Waals surface area (Å²) in [5.74, 6) is 0.118. The molecule has 17 heavy (non-hydrogen) atoms. The van der Waals surface area contributed by atoms with Gasteiger partial charge in [0, 0.05) is 18.7 Å². The first kappa shape index (κ1) is 11.9. The average Bonchev–Trinajstić information content (AvgIpc) is 2.32. The highest BCUT2D eigenvalue weighted by molar-refractivity contribution is 5.94. The Morgan fingerprint density at radius 1 is 1.47 bits per heavy atom. The summed E-state index contributed by atoms with van der Waals surface area (Å²) >= 11 is 0. The van der Waals surface area contributed by atoms with Gasteiger partial charge in [-0.3, -0.25) is 4.79 Å².